The Morgan fingerprint density at radius 2 is 1.24 bits per heavy atom. The van der Waals surface area contributed by atoms with Crippen LogP contribution in [0.4, 0.5) is 13.2 Å². The van der Waals surface area contributed by atoms with E-state index in [0.717, 1.165) is 29.9 Å². The van der Waals surface area contributed by atoms with Crippen molar-refractivity contribution in [2.45, 2.75) is 106 Å². The van der Waals surface area contributed by atoms with Gasteiger partial charge >= 0.3 is 15.6 Å². The molecule has 1 N–H and O–H groups in total. The van der Waals surface area contributed by atoms with E-state index in [-0.39, 0.29) is 0 Å². The van der Waals surface area contributed by atoms with Crippen molar-refractivity contribution in [3.63, 3.8) is 0 Å². The normalized spacial score (nSPS) is 25.6. The molecule has 1 atom stereocenters. The summed E-state index contributed by atoms with van der Waals surface area (Å²) in [7, 11) is -5.84. The maximum absolute atomic E-state index is 12.3. The molecule has 3 rings (SSSR count). The predicted molar refractivity (Wildman–Crippen MR) is 109 cm³/mol. The molecule has 170 valence electrons. The third-order valence-electron chi connectivity index (χ3n) is 6.34. The summed E-state index contributed by atoms with van der Waals surface area (Å²) in [5, 5.41) is 1.16. The highest BCUT2D eigenvalue weighted by molar-refractivity contribution is 8.01. The van der Waals surface area contributed by atoms with Crippen LogP contribution in [-0.2, 0) is 14.9 Å². The molecule has 3 aliphatic carbocycles. The fourth-order valence-electron chi connectivity index (χ4n) is 4.82. The first-order chi connectivity index (χ1) is 13.6. The van der Waals surface area contributed by atoms with Gasteiger partial charge in [-0.1, -0.05) is 44.9 Å². The number of carbonyl (C=O) groups excluding carboxylic acids is 1. The molecule has 0 aromatic rings. The van der Waals surface area contributed by atoms with Crippen molar-refractivity contribution in [1.29, 1.82) is 0 Å². The number of Topliss-reactive ketones (excluding diaryl/α,β-unsaturated/α-hetero) is 1. The molecular weight excluding hydrogens is 425 g/mol. The molecular formula is C20H33F3O4S2. The van der Waals surface area contributed by atoms with Gasteiger partial charge in [0, 0.05) is 11.7 Å². The number of thioether (sulfide) groups is 1. The van der Waals surface area contributed by atoms with Gasteiger partial charge in [0.05, 0.1) is 5.25 Å². The van der Waals surface area contributed by atoms with Gasteiger partial charge in [0.1, 0.15) is 5.78 Å². The topological polar surface area (TPSA) is 71.4 Å². The molecule has 0 heterocycles. The van der Waals surface area contributed by atoms with Crippen LogP contribution in [0.3, 0.4) is 0 Å². The minimum absolute atomic E-state index is 0.354. The fraction of sp³-hybridized carbons (Fsp3) is 0.950. The Hall–Kier alpha value is -0.280. The Balaban J connectivity index is 0.000000321. The van der Waals surface area contributed by atoms with Crippen LogP contribution in [0.25, 0.3) is 0 Å². The first-order valence-corrected chi connectivity index (χ1v) is 13.2. The third-order valence-corrected chi connectivity index (χ3v) is 8.84. The lowest BCUT2D eigenvalue weighted by Gasteiger charge is -2.39. The van der Waals surface area contributed by atoms with Crippen LogP contribution in [0.5, 0.6) is 0 Å². The average molecular weight is 459 g/mol. The average Bonchev–Trinajstić information content (AvgIpc) is 2.68. The highest BCUT2D eigenvalue weighted by Gasteiger charge is 2.44. The molecule has 1 unspecified atom stereocenters. The van der Waals surface area contributed by atoms with Crippen molar-refractivity contribution in [3.05, 3.63) is 0 Å². The zero-order chi connectivity index (χ0) is 21.5. The lowest BCUT2D eigenvalue weighted by Crippen LogP contribution is -2.34. The van der Waals surface area contributed by atoms with E-state index in [1.54, 1.807) is 0 Å². The van der Waals surface area contributed by atoms with Crippen molar-refractivity contribution in [1.82, 2.24) is 0 Å². The molecule has 0 saturated heterocycles. The van der Waals surface area contributed by atoms with Crippen LogP contribution >= 0.6 is 11.8 Å². The van der Waals surface area contributed by atoms with Crippen molar-refractivity contribution in [2.75, 3.05) is 0 Å². The van der Waals surface area contributed by atoms with E-state index < -0.39 is 15.6 Å². The molecule has 0 spiro atoms. The quantitative estimate of drug-likeness (QED) is 0.404. The molecule has 0 radical (unpaired) electrons. The van der Waals surface area contributed by atoms with Gasteiger partial charge in [-0.3, -0.25) is 9.35 Å². The Labute approximate surface area is 176 Å². The molecule has 3 fully saturated rings. The van der Waals surface area contributed by atoms with Gasteiger partial charge in [0.15, 0.2) is 0 Å². The van der Waals surface area contributed by atoms with E-state index >= 15 is 0 Å². The van der Waals surface area contributed by atoms with Crippen molar-refractivity contribution < 1.29 is 30.9 Å². The summed E-state index contributed by atoms with van der Waals surface area (Å²) in [6.07, 6.45) is 18.9. The summed E-state index contributed by atoms with van der Waals surface area (Å²) in [6.45, 7) is 0. The maximum atomic E-state index is 12.3. The van der Waals surface area contributed by atoms with Crippen LogP contribution < -0.4 is 0 Å². The van der Waals surface area contributed by atoms with Crippen LogP contribution in [0, 0.1) is 11.8 Å². The van der Waals surface area contributed by atoms with Crippen LogP contribution in [0.15, 0.2) is 0 Å². The van der Waals surface area contributed by atoms with E-state index in [4.69, 9.17) is 13.0 Å². The van der Waals surface area contributed by atoms with E-state index in [2.05, 4.69) is 11.8 Å². The van der Waals surface area contributed by atoms with E-state index in [9.17, 15) is 18.0 Å². The third kappa shape index (κ3) is 8.05. The second-order valence-corrected chi connectivity index (χ2v) is 11.3. The number of carbonyl (C=O) groups is 1. The lowest BCUT2D eigenvalue weighted by molar-refractivity contribution is -0.119. The van der Waals surface area contributed by atoms with Gasteiger partial charge < -0.3 is 0 Å². The number of hydrogen-bond acceptors (Lipinski definition) is 4. The molecule has 0 aliphatic heterocycles. The van der Waals surface area contributed by atoms with E-state index in [1.165, 1.54) is 77.0 Å². The number of halogens is 3. The first kappa shape index (κ1) is 25.0. The van der Waals surface area contributed by atoms with Gasteiger partial charge in [0.25, 0.3) is 0 Å². The highest BCUT2D eigenvalue weighted by Crippen LogP contribution is 2.44. The van der Waals surface area contributed by atoms with Crippen LogP contribution in [0.2, 0.25) is 0 Å². The second kappa shape index (κ2) is 11.4. The van der Waals surface area contributed by atoms with Crippen molar-refractivity contribution in [3.8, 4) is 0 Å². The smallest absolute Gasteiger partial charge is 0.298 e. The van der Waals surface area contributed by atoms with Gasteiger partial charge in [-0.15, -0.1) is 11.8 Å². The summed E-state index contributed by atoms with van der Waals surface area (Å²) in [4.78, 5) is 12.3. The minimum Gasteiger partial charge on any atom is -0.298 e. The Morgan fingerprint density at radius 3 is 1.62 bits per heavy atom. The molecule has 4 nitrogen and oxygen atoms in total. The van der Waals surface area contributed by atoms with Crippen LogP contribution in [-0.4, -0.2) is 34.8 Å². The molecule has 0 bridgehead atoms. The number of alkyl halides is 3. The van der Waals surface area contributed by atoms with Gasteiger partial charge in [-0.25, -0.2) is 0 Å². The zero-order valence-electron chi connectivity index (χ0n) is 16.8. The number of hydrogen-bond donors (Lipinski definition) is 1. The Morgan fingerprint density at radius 1 is 0.828 bits per heavy atom. The predicted octanol–water partition coefficient (Wildman–Crippen LogP) is 6.15. The van der Waals surface area contributed by atoms with Gasteiger partial charge in [-0.2, -0.15) is 21.6 Å². The van der Waals surface area contributed by atoms with Gasteiger partial charge in [-0.05, 0) is 50.4 Å². The molecule has 29 heavy (non-hydrogen) atoms. The molecule has 0 aromatic carbocycles. The Kier molecular flexibility index (Phi) is 9.80. The number of ketones is 1. The summed E-state index contributed by atoms with van der Waals surface area (Å²) in [5.74, 6) is 2.41. The second-order valence-electron chi connectivity index (χ2n) is 8.52. The minimum atomic E-state index is -5.84. The zero-order valence-corrected chi connectivity index (χ0v) is 18.5. The summed E-state index contributed by atoms with van der Waals surface area (Å²) < 4.78 is 57.5. The summed E-state index contributed by atoms with van der Waals surface area (Å²) in [6, 6.07) is 0. The Bertz CT molecular complexity index is 592. The highest BCUT2D eigenvalue weighted by atomic mass is 32.2. The van der Waals surface area contributed by atoms with Crippen LogP contribution in [0.1, 0.15) is 89.9 Å². The molecule has 3 saturated carbocycles. The van der Waals surface area contributed by atoms with Gasteiger partial charge in [0.2, 0.25) is 0 Å². The first-order valence-electron chi connectivity index (χ1n) is 10.8. The largest absolute Gasteiger partial charge is 0.522 e. The van der Waals surface area contributed by atoms with Crippen molar-refractivity contribution >= 4 is 27.7 Å². The standard InChI is InChI=1S/C19H32OS.CHF3O3S/c20-17-13-7-8-14-18(17)21-19(15-9-3-1-4-10-15)16-11-5-2-6-12-16;2-1(3,4)8(5,6)7/h15-16,18-19H,1-14H2;(H,5,6,7). The molecule has 0 aromatic heterocycles. The van der Waals surface area contributed by atoms with E-state index in [1.807, 2.05) is 0 Å². The SMILES string of the molecule is O=C1CCCCC1SC(C1CCCCC1)C1CCCCC1.O=S(=O)(O)C(F)(F)F. The number of rotatable bonds is 4. The lowest BCUT2D eigenvalue weighted by atomic mass is 9.77. The van der Waals surface area contributed by atoms with E-state index in [0.29, 0.717) is 11.0 Å². The summed E-state index contributed by atoms with van der Waals surface area (Å²) >= 11 is 2.14. The monoisotopic (exact) mass is 458 g/mol. The summed E-state index contributed by atoms with van der Waals surface area (Å²) in [5.41, 5.74) is -5.53. The molecule has 9 heteroatoms. The maximum Gasteiger partial charge on any atom is 0.522 e. The fourth-order valence-corrected chi connectivity index (χ4v) is 6.76. The molecule has 0 amide bonds. The molecule has 3 aliphatic rings. The van der Waals surface area contributed by atoms with Crippen molar-refractivity contribution in [2.24, 2.45) is 11.8 Å².